The van der Waals surface area contributed by atoms with Gasteiger partial charge in [-0.2, -0.15) is 0 Å². The highest BCUT2D eigenvalue weighted by atomic mass is 16.3. The third-order valence-corrected chi connectivity index (χ3v) is 5.73. The third-order valence-electron chi connectivity index (χ3n) is 5.73. The highest BCUT2D eigenvalue weighted by Gasteiger charge is 2.57. The summed E-state index contributed by atoms with van der Waals surface area (Å²) in [4.78, 5) is 19.0. The minimum atomic E-state index is -0.215. The van der Waals surface area contributed by atoms with Gasteiger partial charge in [0.2, 0.25) is 0 Å². The SMILES string of the molecule is O=C(c1ccncc1)N1[C@H]2CC[C@@H]1[C@@](CO)(Cc1ccccc1)C2. The topological polar surface area (TPSA) is 53.4 Å². The number of nitrogens with zero attached hydrogens (tertiary/aromatic N) is 2. The molecule has 4 rings (SSSR count). The van der Waals surface area contributed by atoms with Gasteiger partial charge in [-0.25, -0.2) is 0 Å². The average molecular weight is 322 g/mol. The fourth-order valence-electron chi connectivity index (χ4n) is 4.66. The molecule has 0 saturated carbocycles. The van der Waals surface area contributed by atoms with Crippen LogP contribution in [0.2, 0.25) is 0 Å². The lowest BCUT2D eigenvalue weighted by Crippen LogP contribution is -2.43. The molecule has 0 aliphatic carbocycles. The van der Waals surface area contributed by atoms with Gasteiger partial charge in [-0.05, 0) is 43.4 Å². The standard InChI is InChI=1S/C20H22N2O2/c23-14-20(12-15-4-2-1-3-5-15)13-17-6-7-18(20)22(17)19(24)16-8-10-21-11-9-16/h1-5,8-11,17-18,23H,6-7,12-14H2/t17-,18+,20-/m0/s1. The van der Waals surface area contributed by atoms with Crippen LogP contribution in [0, 0.1) is 5.41 Å². The summed E-state index contributed by atoms with van der Waals surface area (Å²) in [5.74, 6) is 0.0771. The number of carbonyl (C=O) groups is 1. The van der Waals surface area contributed by atoms with Gasteiger partial charge in [0, 0.05) is 35.5 Å². The molecule has 0 radical (unpaired) electrons. The Labute approximate surface area is 142 Å². The number of aliphatic hydroxyl groups excluding tert-OH is 1. The van der Waals surface area contributed by atoms with E-state index in [1.807, 2.05) is 23.1 Å². The highest BCUT2D eigenvalue weighted by Crippen LogP contribution is 2.51. The summed E-state index contributed by atoms with van der Waals surface area (Å²) in [6, 6.07) is 14.2. The molecule has 1 aromatic carbocycles. The summed E-state index contributed by atoms with van der Waals surface area (Å²) >= 11 is 0. The molecule has 0 spiro atoms. The lowest BCUT2D eigenvalue weighted by atomic mass is 9.70. The van der Waals surface area contributed by atoms with Gasteiger partial charge in [-0.15, -0.1) is 0 Å². The normalized spacial score (nSPS) is 28.3. The van der Waals surface area contributed by atoms with E-state index < -0.39 is 0 Å². The van der Waals surface area contributed by atoms with Crippen LogP contribution in [0.3, 0.4) is 0 Å². The number of benzene rings is 1. The summed E-state index contributed by atoms with van der Waals surface area (Å²) in [6.45, 7) is 0.128. The van der Waals surface area contributed by atoms with E-state index in [1.165, 1.54) is 5.56 Å². The number of amides is 1. The van der Waals surface area contributed by atoms with Crippen LogP contribution < -0.4 is 0 Å². The van der Waals surface area contributed by atoms with Gasteiger partial charge in [0.15, 0.2) is 0 Å². The van der Waals surface area contributed by atoms with Crippen molar-refractivity contribution < 1.29 is 9.90 Å². The van der Waals surface area contributed by atoms with Crippen LogP contribution in [-0.4, -0.2) is 39.6 Å². The molecule has 0 unspecified atom stereocenters. The first-order valence-corrected chi connectivity index (χ1v) is 8.61. The Morgan fingerprint density at radius 3 is 2.62 bits per heavy atom. The van der Waals surface area contributed by atoms with Crippen molar-refractivity contribution in [3.8, 4) is 0 Å². The summed E-state index contributed by atoms with van der Waals surface area (Å²) in [5.41, 5.74) is 1.71. The van der Waals surface area contributed by atoms with Gasteiger partial charge in [0.05, 0.1) is 6.61 Å². The highest BCUT2D eigenvalue weighted by molar-refractivity contribution is 5.95. The van der Waals surface area contributed by atoms with Crippen LogP contribution in [0.4, 0.5) is 0 Å². The van der Waals surface area contributed by atoms with Crippen molar-refractivity contribution in [2.75, 3.05) is 6.61 Å². The lowest BCUT2D eigenvalue weighted by Gasteiger charge is -2.36. The first kappa shape index (κ1) is 15.3. The largest absolute Gasteiger partial charge is 0.396 e. The molecule has 1 aromatic heterocycles. The third kappa shape index (κ3) is 2.42. The quantitative estimate of drug-likeness (QED) is 0.941. The monoisotopic (exact) mass is 322 g/mol. The Hall–Kier alpha value is -2.20. The molecule has 4 nitrogen and oxygen atoms in total. The number of pyridine rings is 1. The second-order valence-corrected chi connectivity index (χ2v) is 7.08. The molecule has 2 aliphatic rings. The molecule has 124 valence electrons. The molecular weight excluding hydrogens is 300 g/mol. The van der Waals surface area contributed by atoms with E-state index in [0.717, 1.165) is 25.7 Å². The summed E-state index contributed by atoms with van der Waals surface area (Å²) in [6.07, 6.45) is 7.06. The number of hydrogen-bond donors (Lipinski definition) is 1. The maximum atomic E-state index is 13.0. The molecule has 2 fully saturated rings. The van der Waals surface area contributed by atoms with Gasteiger partial charge >= 0.3 is 0 Å². The van der Waals surface area contributed by atoms with Crippen LogP contribution in [0.1, 0.15) is 35.2 Å². The number of aromatic nitrogens is 1. The van der Waals surface area contributed by atoms with Gasteiger partial charge < -0.3 is 10.0 Å². The maximum Gasteiger partial charge on any atom is 0.254 e. The molecule has 4 heteroatoms. The van der Waals surface area contributed by atoms with Gasteiger partial charge in [-0.3, -0.25) is 9.78 Å². The van der Waals surface area contributed by atoms with Crippen molar-refractivity contribution in [2.24, 2.45) is 5.41 Å². The predicted octanol–water partition coefficient (Wildman–Crippen LogP) is 2.68. The van der Waals surface area contributed by atoms with Crippen molar-refractivity contribution in [1.29, 1.82) is 0 Å². The van der Waals surface area contributed by atoms with Crippen molar-refractivity contribution in [3.05, 3.63) is 66.0 Å². The zero-order valence-electron chi connectivity index (χ0n) is 13.6. The van der Waals surface area contributed by atoms with Crippen molar-refractivity contribution >= 4 is 5.91 Å². The molecule has 2 bridgehead atoms. The number of fused-ring (bicyclic) bond motifs is 2. The number of hydrogen-bond acceptors (Lipinski definition) is 3. The molecule has 2 aliphatic heterocycles. The van der Waals surface area contributed by atoms with Crippen LogP contribution in [0.15, 0.2) is 54.9 Å². The fourth-order valence-corrected chi connectivity index (χ4v) is 4.66. The van der Waals surface area contributed by atoms with Crippen molar-refractivity contribution in [3.63, 3.8) is 0 Å². The van der Waals surface area contributed by atoms with E-state index in [0.29, 0.717) is 5.56 Å². The van der Waals surface area contributed by atoms with E-state index in [9.17, 15) is 9.90 Å². The van der Waals surface area contributed by atoms with Gasteiger partial charge in [0.1, 0.15) is 0 Å². The first-order valence-electron chi connectivity index (χ1n) is 8.61. The molecular formula is C20H22N2O2. The van der Waals surface area contributed by atoms with E-state index in [4.69, 9.17) is 0 Å². The fraction of sp³-hybridized carbons (Fsp3) is 0.400. The Bertz CT molecular complexity index is 719. The van der Waals surface area contributed by atoms with Gasteiger partial charge in [-0.1, -0.05) is 30.3 Å². The predicted molar refractivity (Wildman–Crippen MR) is 91.5 cm³/mol. The Balaban J connectivity index is 1.62. The van der Waals surface area contributed by atoms with Crippen molar-refractivity contribution in [2.45, 2.75) is 37.8 Å². The Kier molecular flexibility index (Phi) is 3.85. The van der Waals surface area contributed by atoms with E-state index >= 15 is 0 Å². The maximum absolute atomic E-state index is 13.0. The molecule has 3 atom stereocenters. The number of aliphatic hydroxyl groups is 1. The smallest absolute Gasteiger partial charge is 0.254 e. The molecule has 2 saturated heterocycles. The van der Waals surface area contributed by atoms with Crippen LogP contribution in [0.25, 0.3) is 0 Å². The first-order chi connectivity index (χ1) is 11.7. The van der Waals surface area contributed by atoms with E-state index in [-0.39, 0.29) is 30.0 Å². The zero-order valence-corrected chi connectivity index (χ0v) is 13.6. The molecule has 1 amide bonds. The molecule has 2 aromatic rings. The Morgan fingerprint density at radius 2 is 1.92 bits per heavy atom. The van der Waals surface area contributed by atoms with Crippen molar-refractivity contribution in [1.82, 2.24) is 9.88 Å². The van der Waals surface area contributed by atoms with Gasteiger partial charge in [0.25, 0.3) is 5.91 Å². The van der Waals surface area contributed by atoms with Crippen LogP contribution in [-0.2, 0) is 6.42 Å². The molecule has 1 N–H and O–H groups in total. The molecule has 24 heavy (non-hydrogen) atoms. The average Bonchev–Trinajstić information content (AvgIpc) is 3.19. The minimum Gasteiger partial charge on any atom is -0.396 e. The van der Waals surface area contributed by atoms with E-state index in [2.05, 4.69) is 17.1 Å². The van der Waals surface area contributed by atoms with Crippen LogP contribution >= 0.6 is 0 Å². The lowest BCUT2D eigenvalue weighted by molar-refractivity contribution is 0.0571. The minimum absolute atomic E-state index is 0.0771. The summed E-state index contributed by atoms with van der Waals surface area (Å²) in [5, 5.41) is 10.2. The summed E-state index contributed by atoms with van der Waals surface area (Å²) in [7, 11) is 0. The Morgan fingerprint density at radius 1 is 1.17 bits per heavy atom. The second-order valence-electron chi connectivity index (χ2n) is 7.08. The van der Waals surface area contributed by atoms with Crippen LogP contribution in [0.5, 0.6) is 0 Å². The summed E-state index contributed by atoms with van der Waals surface area (Å²) < 4.78 is 0. The van der Waals surface area contributed by atoms with E-state index in [1.54, 1.807) is 24.5 Å². The second kappa shape index (κ2) is 6.02. The zero-order chi connectivity index (χ0) is 16.6. The number of carbonyl (C=O) groups excluding carboxylic acids is 1. The number of rotatable bonds is 4. The molecule has 3 heterocycles.